The van der Waals surface area contributed by atoms with E-state index >= 15 is 0 Å². The second kappa shape index (κ2) is 9.04. The highest BCUT2D eigenvalue weighted by molar-refractivity contribution is 4.92. The van der Waals surface area contributed by atoms with Crippen LogP contribution in [0.15, 0.2) is 0 Å². The molecule has 0 bridgehead atoms. The Morgan fingerprint density at radius 1 is 1.10 bits per heavy atom. The van der Waals surface area contributed by atoms with Crippen molar-refractivity contribution in [3.05, 3.63) is 0 Å². The maximum atomic E-state index is 3.75. The SMILES string of the molecule is CCCCCCCCN1CC(CC(C)C)NCC1(C)C. The highest BCUT2D eigenvalue weighted by Gasteiger charge is 2.33. The number of piperazine rings is 1. The van der Waals surface area contributed by atoms with E-state index in [9.17, 15) is 0 Å². The predicted molar refractivity (Wildman–Crippen MR) is 90.3 cm³/mol. The molecule has 1 N–H and O–H groups in total. The molecule has 0 saturated carbocycles. The third kappa shape index (κ3) is 6.58. The lowest BCUT2D eigenvalue weighted by molar-refractivity contribution is 0.0592. The van der Waals surface area contributed by atoms with Crippen molar-refractivity contribution in [3.8, 4) is 0 Å². The lowest BCUT2D eigenvalue weighted by Crippen LogP contribution is -2.62. The average Bonchev–Trinajstić information content (AvgIpc) is 2.36. The Morgan fingerprint density at radius 2 is 1.75 bits per heavy atom. The summed E-state index contributed by atoms with van der Waals surface area (Å²) in [6.07, 6.45) is 9.71. The molecule has 0 radical (unpaired) electrons. The first-order valence-electron chi connectivity index (χ1n) is 8.94. The van der Waals surface area contributed by atoms with Crippen LogP contribution in [-0.2, 0) is 0 Å². The molecular formula is C18H38N2. The van der Waals surface area contributed by atoms with Gasteiger partial charge in [0.25, 0.3) is 0 Å². The van der Waals surface area contributed by atoms with E-state index in [-0.39, 0.29) is 0 Å². The number of nitrogens with one attached hydrogen (secondary N) is 1. The van der Waals surface area contributed by atoms with Gasteiger partial charge in [0.1, 0.15) is 0 Å². The molecule has 1 aliphatic heterocycles. The Labute approximate surface area is 127 Å². The van der Waals surface area contributed by atoms with Crippen molar-refractivity contribution in [2.75, 3.05) is 19.6 Å². The van der Waals surface area contributed by atoms with Crippen molar-refractivity contribution in [3.63, 3.8) is 0 Å². The van der Waals surface area contributed by atoms with Gasteiger partial charge in [0.05, 0.1) is 0 Å². The van der Waals surface area contributed by atoms with Gasteiger partial charge in [-0.15, -0.1) is 0 Å². The first-order chi connectivity index (χ1) is 9.45. The van der Waals surface area contributed by atoms with Crippen LogP contribution in [0, 0.1) is 5.92 Å². The molecule has 1 unspecified atom stereocenters. The zero-order chi connectivity index (χ0) is 15.0. The van der Waals surface area contributed by atoms with Crippen molar-refractivity contribution in [2.24, 2.45) is 5.92 Å². The van der Waals surface area contributed by atoms with Crippen LogP contribution in [0.25, 0.3) is 0 Å². The normalized spacial score (nSPS) is 23.4. The van der Waals surface area contributed by atoms with Crippen molar-refractivity contribution in [2.45, 2.75) is 91.1 Å². The maximum absolute atomic E-state index is 3.75. The summed E-state index contributed by atoms with van der Waals surface area (Å²) in [6.45, 7) is 15.4. The predicted octanol–water partition coefficient (Wildman–Crippen LogP) is 4.45. The van der Waals surface area contributed by atoms with E-state index in [0.717, 1.165) is 12.5 Å². The first kappa shape index (κ1) is 18.0. The quantitative estimate of drug-likeness (QED) is 0.629. The van der Waals surface area contributed by atoms with Crippen molar-refractivity contribution >= 4 is 0 Å². The third-order valence-corrected chi connectivity index (χ3v) is 4.66. The topological polar surface area (TPSA) is 15.3 Å². The van der Waals surface area contributed by atoms with E-state index in [4.69, 9.17) is 0 Å². The number of hydrogen-bond donors (Lipinski definition) is 1. The zero-order valence-corrected chi connectivity index (χ0v) is 14.7. The van der Waals surface area contributed by atoms with Gasteiger partial charge < -0.3 is 5.32 Å². The second-order valence-corrected chi connectivity index (χ2v) is 7.73. The molecule has 0 aliphatic carbocycles. The van der Waals surface area contributed by atoms with Gasteiger partial charge in [0.2, 0.25) is 0 Å². The molecule has 0 spiro atoms. The maximum Gasteiger partial charge on any atom is 0.0278 e. The summed E-state index contributed by atoms with van der Waals surface area (Å²) < 4.78 is 0. The van der Waals surface area contributed by atoms with Crippen LogP contribution in [0.3, 0.4) is 0 Å². The molecule has 2 nitrogen and oxygen atoms in total. The zero-order valence-electron chi connectivity index (χ0n) is 14.7. The number of rotatable bonds is 9. The molecule has 1 aliphatic rings. The minimum atomic E-state index is 0.330. The van der Waals surface area contributed by atoms with Gasteiger partial charge in [0, 0.05) is 24.7 Å². The molecule has 20 heavy (non-hydrogen) atoms. The smallest absolute Gasteiger partial charge is 0.0278 e. The van der Waals surface area contributed by atoms with Gasteiger partial charge in [-0.25, -0.2) is 0 Å². The van der Waals surface area contributed by atoms with Crippen LogP contribution in [0.2, 0.25) is 0 Å². The van der Waals surface area contributed by atoms with E-state index in [0.29, 0.717) is 11.6 Å². The fourth-order valence-electron chi connectivity index (χ4n) is 3.29. The highest BCUT2D eigenvalue weighted by atomic mass is 15.3. The van der Waals surface area contributed by atoms with Crippen LogP contribution in [0.1, 0.15) is 79.6 Å². The molecule has 1 saturated heterocycles. The van der Waals surface area contributed by atoms with E-state index < -0.39 is 0 Å². The minimum absolute atomic E-state index is 0.330. The van der Waals surface area contributed by atoms with Crippen molar-refractivity contribution < 1.29 is 0 Å². The lowest BCUT2D eigenvalue weighted by Gasteiger charge is -2.46. The first-order valence-corrected chi connectivity index (χ1v) is 8.94. The van der Waals surface area contributed by atoms with Crippen LogP contribution < -0.4 is 5.32 Å². The van der Waals surface area contributed by atoms with Gasteiger partial charge in [0.15, 0.2) is 0 Å². The molecule has 1 atom stereocenters. The van der Waals surface area contributed by atoms with Gasteiger partial charge in [-0.3, -0.25) is 4.90 Å². The average molecular weight is 283 g/mol. The minimum Gasteiger partial charge on any atom is -0.311 e. The third-order valence-electron chi connectivity index (χ3n) is 4.66. The Bertz CT molecular complexity index is 248. The molecule has 1 fully saturated rings. The fourth-order valence-corrected chi connectivity index (χ4v) is 3.29. The van der Waals surface area contributed by atoms with E-state index in [2.05, 4.69) is 44.8 Å². The summed E-state index contributed by atoms with van der Waals surface area (Å²) in [7, 11) is 0. The molecule has 0 amide bonds. The van der Waals surface area contributed by atoms with Gasteiger partial charge in [-0.1, -0.05) is 52.9 Å². The Hall–Kier alpha value is -0.0800. The van der Waals surface area contributed by atoms with Gasteiger partial charge in [-0.05, 0) is 39.2 Å². The number of hydrogen-bond acceptors (Lipinski definition) is 2. The van der Waals surface area contributed by atoms with Crippen LogP contribution in [-0.4, -0.2) is 36.1 Å². The molecule has 1 rings (SSSR count). The molecule has 0 aromatic carbocycles. The van der Waals surface area contributed by atoms with Crippen molar-refractivity contribution in [1.29, 1.82) is 0 Å². The molecule has 1 heterocycles. The van der Waals surface area contributed by atoms with Crippen molar-refractivity contribution in [1.82, 2.24) is 10.2 Å². The molecule has 0 aromatic rings. The van der Waals surface area contributed by atoms with E-state index in [1.165, 1.54) is 58.0 Å². The summed E-state index contributed by atoms with van der Waals surface area (Å²) in [5.74, 6) is 0.796. The van der Waals surface area contributed by atoms with Gasteiger partial charge >= 0.3 is 0 Å². The highest BCUT2D eigenvalue weighted by Crippen LogP contribution is 2.22. The molecular weight excluding hydrogens is 244 g/mol. The molecule has 120 valence electrons. The van der Waals surface area contributed by atoms with Crippen LogP contribution in [0.4, 0.5) is 0 Å². The largest absolute Gasteiger partial charge is 0.311 e. The van der Waals surface area contributed by atoms with Crippen LogP contribution >= 0.6 is 0 Å². The summed E-state index contributed by atoms with van der Waals surface area (Å²) >= 11 is 0. The summed E-state index contributed by atoms with van der Waals surface area (Å²) in [4.78, 5) is 2.73. The Kier molecular flexibility index (Phi) is 8.13. The Balaban J connectivity index is 2.28. The lowest BCUT2D eigenvalue weighted by atomic mass is 9.93. The molecule has 0 aromatic heterocycles. The summed E-state index contributed by atoms with van der Waals surface area (Å²) in [6, 6.07) is 0.697. The fraction of sp³-hybridized carbons (Fsp3) is 1.00. The standard InChI is InChI=1S/C18H38N2/c1-6-7-8-9-10-11-12-20-14-17(13-16(2)3)19-15-18(20,4)5/h16-17,19H,6-15H2,1-5H3. The monoisotopic (exact) mass is 282 g/mol. The Morgan fingerprint density at radius 3 is 2.40 bits per heavy atom. The van der Waals surface area contributed by atoms with E-state index in [1.54, 1.807) is 0 Å². The number of unbranched alkanes of at least 4 members (excludes halogenated alkanes) is 5. The summed E-state index contributed by atoms with van der Waals surface area (Å²) in [5.41, 5.74) is 0.330. The van der Waals surface area contributed by atoms with E-state index in [1.807, 2.05) is 0 Å². The number of nitrogens with zero attached hydrogens (tertiary/aromatic N) is 1. The summed E-state index contributed by atoms with van der Waals surface area (Å²) in [5, 5.41) is 3.75. The van der Waals surface area contributed by atoms with Gasteiger partial charge in [-0.2, -0.15) is 0 Å². The van der Waals surface area contributed by atoms with Crippen LogP contribution in [0.5, 0.6) is 0 Å². The molecule has 2 heteroatoms. The second-order valence-electron chi connectivity index (χ2n) is 7.73.